The molecule has 0 bridgehead atoms. The largest absolute Gasteiger partial charge is 0.322 e. The highest BCUT2D eigenvalue weighted by molar-refractivity contribution is 5.76. The fraction of sp³-hybridized carbons (Fsp3) is 0.250. The number of hydrazine groups is 1. The van der Waals surface area contributed by atoms with Gasteiger partial charge in [0.05, 0.1) is 23.3 Å². The number of nitrogens with one attached hydrogen (secondary N) is 1. The number of nitrogens with zero attached hydrogens (tertiary/aromatic N) is 3. The van der Waals surface area contributed by atoms with Crippen LogP contribution in [0.2, 0.25) is 0 Å². The third-order valence-corrected chi connectivity index (χ3v) is 3.48. The van der Waals surface area contributed by atoms with Gasteiger partial charge in [0.25, 0.3) is 0 Å². The molecule has 0 fully saturated rings. The third-order valence-electron chi connectivity index (χ3n) is 3.48. The highest BCUT2D eigenvalue weighted by Gasteiger charge is 2.10. The fourth-order valence-corrected chi connectivity index (χ4v) is 2.53. The van der Waals surface area contributed by atoms with Crippen molar-refractivity contribution >= 4 is 16.9 Å². The first-order chi connectivity index (χ1) is 10.3. The van der Waals surface area contributed by atoms with Gasteiger partial charge in [0.15, 0.2) is 0 Å². The zero-order valence-electron chi connectivity index (χ0n) is 12.1. The van der Waals surface area contributed by atoms with Crippen LogP contribution in [0.4, 0.5) is 5.82 Å². The summed E-state index contributed by atoms with van der Waals surface area (Å²) < 4.78 is 2.24. The van der Waals surface area contributed by atoms with Crippen molar-refractivity contribution in [2.24, 2.45) is 5.84 Å². The minimum absolute atomic E-state index is 0.675. The summed E-state index contributed by atoms with van der Waals surface area (Å²) in [4.78, 5) is 9.23. The fourth-order valence-electron chi connectivity index (χ4n) is 2.53. The van der Waals surface area contributed by atoms with E-state index in [4.69, 9.17) is 10.8 Å². The van der Waals surface area contributed by atoms with E-state index in [2.05, 4.69) is 34.0 Å². The minimum Gasteiger partial charge on any atom is -0.322 e. The summed E-state index contributed by atoms with van der Waals surface area (Å²) in [5, 5.41) is 0. The molecule has 21 heavy (non-hydrogen) atoms. The van der Waals surface area contributed by atoms with Gasteiger partial charge in [0.1, 0.15) is 11.6 Å². The summed E-state index contributed by atoms with van der Waals surface area (Å²) in [5.41, 5.74) is 5.74. The molecule has 5 nitrogen and oxygen atoms in total. The monoisotopic (exact) mass is 281 g/mol. The molecule has 1 aromatic carbocycles. The van der Waals surface area contributed by atoms with Gasteiger partial charge in [-0.3, -0.25) is 0 Å². The van der Waals surface area contributed by atoms with E-state index in [1.807, 2.05) is 30.3 Å². The topological polar surface area (TPSA) is 68.8 Å². The smallest absolute Gasteiger partial charge is 0.140 e. The number of para-hydroxylation sites is 2. The molecule has 3 aromatic rings. The first-order valence-electron chi connectivity index (χ1n) is 7.18. The van der Waals surface area contributed by atoms with Crippen molar-refractivity contribution in [3.63, 3.8) is 0 Å². The number of nitrogens with two attached hydrogens (primary N) is 1. The molecule has 0 spiro atoms. The van der Waals surface area contributed by atoms with Gasteiger partial charge >= 0.3 is 0 Å². The van der Waals surface area contributed by atoms with Crippen LogP contribution < -0.4 is 11.3 Å². The Labute approximate surface area is 123 Å². The number of pyridine rings is 1. The highest BCUT2D eigenvalue weighted by Crippen LogP contribution is 2.19. The molecule has 3 N–H and O–H groups in total. The maximum atomic E-state index is 5.43. The van der Waals surface area contributed by atoms with Crippen LogP contribution in [0, 0.1) is 0 Å². The van der Waals surface area contributed by atoms with Crippen LogP contribution in [-0.4, -0.2) is 14.5 Å². The molecule has 0 atom stereocenters. The zero-order valence-corrected chi connectivity index (χ0v) is 12.1. The number of hydrogen-bond acceptors (Lipinski definition) is 4. The van der Waals surface area contributed by atoms with Gasteiger partial charge in [0.2, 0.25) is 0 Å². The van der Waals surface area contributed by atoms with E-state index in [9.17, 15) is 0 Å². The van der Waals surface area contributed by atoms with E-state index in [-0.39, 0.29) is 0 Å². The number of aryl methyl sites for hydroxylation is 1. The molecule has 5 heteroatoms. The van der Waals surface area contributed by atoms with E-state index in [0.717, 1.165) is 35.4 Å². The molecule has 3 rings (SSSR count). The van der Waals surface area contributed by atoms with Crippen LogP contribution in [0.15, 0.2) is 42.5 Å². The second-order valence-electron chi connectivity index (χ2n) is 5.01. The average Bonchev–Trinajstić information content (AvgIpc) is 2.86. The summed E-state index contributed by atoms with van der Waals surface area (Å²) in [6.07, 6.45) is 2.03. The molecule has 0 aliphatic rings. The van der Waals surface area contributed by atoms with Crippen LogP contribution in [0.3, 0.4) is 0 Å². The third kappa shape index (κ3) is 2.73. The standard InChI is InChI=1S/C16H19N5/c1-2-6-16-19-13-8-3-4-9-14(13)21(16)11-12-7-5-10-15(18-12)20-17/h3-5,7-10H,2,6,11,17H2,1H3,(H,18,20). The molecule has 0 saturated heterocycles. The lowest BCUT2D eigenvalue weighted by Gasteiger charge is -2.09. The van der Waals surface area contributed by atoms with Crippen LogP contribution in [-0.2, 0) is 13.0 Å². The van der Waals surface area contributed by atoms with E-state index in [1.54, 1.807) is 0 Å². The van der Waals surface area contributed by atoms with Gasteiger partial charge < -0.3 is 9.99 Å². The summed E-state index contributed by atoms with van der Waals surface area (Å²) in [6.45, 7) is 2.87. The number of aromatic nitrogens is 3. The predicted octanol–water partition coefficient (Wildman–Crippen LogP) is 2.72. The Morgan fingerprint density at radius 2 is 1.95 bits per heavy atom. The Bertz CT molecular complexity index is 747. The van der Waals surface area contributed by atoms with Crippen LogP contribution in [0.1, 0.15) is 24.9 Å². The Morgan fingerprint density at radius 3 is 2.76 bits per heavy atom. The summed E-state index contributed by atoms with van der Waals surface area (Å²) >= 11 is 0. The summed E-state index contributed by atoms with van der Waals surface area (Å²) in [5.74, 6) is 7.21. The Balaban J connectivity index is 2.03. The molecule has 0 radical (unpaired) electrons. The molecule has 0 unspecified atom stereocenters. The van der Waals surface area contributed by atoms with Gasteiger partial charge in [-0.25, -0.2) is 15.8 Å². The number of fused-ring (bicyclic) bond motifs is 1. The minimum atomic E-state index is 0.675. The van der Waals surface area contributed by atoms with Gasteiger partial charge in [-0.15, -0.1) is 0 Å². The molecular weight excluding hydrogens is 262 g/mol. The average molecular weight is 281 g/mol. The molecule has 2 heterocycles. The lowest BCUT2D eigenvalue weighted by molar-refractivity contribution is 0.710. The van der Waals surface area contributed by atoms with Gasteiger partial charge in [-0.2, -0.15) is 0 Å². The predicted molar refractivity (Wildman–Crippen MR) is 84.9 cm³/mol. The highest BCUT2D eigenvalue weighted by atomic mass is 15.2. The van der Waals surface area contributed by atoms with Crippen molar-refractivity contribution < 1.29 is 0 Å². The maximum absolute atomic E-state index is 5.43. The van der Waals surface area contributed by atoms with Crippen molar-refractivity contribution in [1.82, 2.24) is 14.5 Å². The second-order valence-corrected chi connectivity index (χ2v) is 5.01. The van der Waals surface area contributed by atoms with Crippen molar-refractivity contribution in [3.05, 3.63) is 54.0 Å². The number of nitrogen functional groups attached to an aromatic ring is 1. The molecule has 2 aromatic heterocycles. The Hall–Kier alpha value is -2.40. The second kappa shape index (κ2) is 5.93. The van der Waals surface area contributed by atoms with Crippen molar-refractivity contribution in [1.29, 1.82) is 0 Å². The maximum Gasteiger partial charge on any atom is 0.140 e. The summed E-state index contributed by atoms with van der Waals surface area (Å²) in [7, 11) is 0. The van der Waals surface area contributed by atoms with Crippen LogP contribution >= 0.6 is 0 Å². The first kappa shape index (κ1) is 13.6. The first-order valence-corrected chi connectivity index (χ1v) is 7.18. The molecule has 0 aliphatic carbocycles. The normalized spacial score (nSPS) is 11.0. The summed E-state index contributed by atoms with van der Waals surface area (Å²) in [6, 6.07) is 14.0. The molecule has 0 aliphatic heterocycles. The van der Waals surface area contributed by atoms with Gasteiger partial charge in [0, 0.05) is 6.42 Å². The Kier molecular flexibility index (Phi) is 3.83. The van der Waals surface area contributed by atoms with Crippen molar-refractivity contribution in [2.75, 3.05) is 5.43 Å². The lowest BCUT2D eigenvalue weighted by atomic mass is 10.3. The van der Waals surface area contributed by atoms with Crippen molar-refractivity contribution in [3.8, 4) is 0 Å². The van der Waals surface area contributed by atoms with E-state index < -0.39 is 0 Å². The SMILES string of the molecule is CCCc1nc2ccccc2n1Cc1cccc(NN)n1. The van der Waals surface area contributed by atoms with E-state index >= 15 is 0 Å². The van der Waals surface area contributed by atoms with Gasteiger partial charge in [-0.05, 0) is 30.7 Å². The van der Waals surface area contributed by atoms with Crippen LogP contribution in [0.5, 0.6) is 0 Å². The quantitative estimate of drug-likeness (QED) is 0.557. The van der Waals surface area contributed by atoms with E-state index in [1.165, 1.54) is 0 Å². The van der Waals surface area contributed by atoms with Crippen molar-refractivity contribution in [2.45, 2.75) is 26.3 Å². The Morgan fingerprint density at radius 1 is 1.10 bits per heavy atom. The van der Waals surface area contributed by atoms with Gasteiger partial charge in [-0.1, -0.05) is 25.1 Å². The van der Waals surface area contributed by atoms with Crippen LogP contribution in [0.25, 0.3) is 11.0 Å². The zero-order chi connectivity index (χ0) is 14.7. The van der Waals surface area contributed by atoms with E-state index in [0.29, 0.717) is 12.4 Å². The molecule has 108 valence electrons. The number of hydrogen-bond donors (Lipinski definition) is 2. The molecular formula is C16H19N5. The molecule has 0 saturated carbocycles. The number of benzene rings is 1. The number of imidazole rings is 1. The number of anilines is 1. The lowest BCUT2D eigenvalue weighted by Crippen LogP contribution is -2.11. The number of rotatable bonds is 5. The molecule has 0 amide bonds.